The minimum atomic E-state index is 0.211. The number of aromatic nitrogens is 1. The molecule has 3 aliphatic heterocycles. The molecule has 6 nitrogen and oxygen atoms in total. The monoisotopic (exact) mass is 399 g/mol. The van der Waals surface area contributed by atoms with Gasteiger partial charge in [-0.05, 0) is 76.8 Å². The lowest BCUT2D eigenvalue weighted by Gasteiger charge is -2.43. The van der Waals surface area contributed by atoms with Crippen molar-refractivity contribution in [3.8, 4) is 0 Å². The van der Waals surface area contributed by atoms with E-state index in [1.165, 1.54) is 31.4 Å². The van der Waals surface area contributed by atoms with E-state index in [0.717, 1.165) is 58.5 Å². The number of hydrogen-bond acceptors (Lipinski definition) is 5. The second-order valence-corrected chi connectivity index (χ2v) is 9.09. The molecule has 0 saturated carbocycles. The summed E-state index contributed by atoms with van der Waals surface area (Å²) in [6.07, 6.45) is 10.7. The van der Waals surface area contributed by atoms with Crippen molar-refractivity contribution in [2.45, 2.75) is 57.2 Å². The summed E-state index contributed by atoms with van der Waals surface area (Å²) in [5.41, 5.74) is 1.30. The van der Waals surface area contributed by atoms with E-state index < -0.39 is 0 Å². The predicted molar refractivity (Wildman–Crippen MR) is 115 cm³/mol. The summed E-state index contributed by atoms with van der Waals surface area (Å²) in [6, 6.07) is 5.41. The first-order valence-corrected chi connectivity index (χ1v) is 11.5. The third-order valence-electron chi connectivity index (χ3n) is 7.22. The van der Waals surface area contributed by atoms with E-state index in [2.05, 4.69) is 31.1 Å². The first kappa shape index (κ1) is 20.8. The highest BCUT2D eigenvalue weighted by molar-refractivity contribution is 5.79. The van der Waals surface area contributed by atoms with Crippen molar-refractivity contribution >= 4 is 5.91 Å². The Hall–Kier alpha value is -1.50. The van der Waals surface area contributed by atoms with Crippen LogP contribution in [0.2, 0.25) is 0 Å². The quantitative estimate of drug-likeness (QED) is 0.820. The average Bonchev–Trinajstić information content (AvgIpc) is 2.80. The largest absolute Gasteiger partial charge is 0.342 e. The second kappa shape index (κ2) is 10.0. The van der Waals surface area contributed by atoms with E-state index in [0.29, 0.717) is 18.0 Å². The lowest BCUT2D eigenvalue weighted by atomic mass is 9.92. The van der Waals surface area contributed by atoms with Crippen LogP contribution in [-0.2, 0) is 11.3 Å². The molecule has 0 spiro atoms. The van der Waals surface area contributed by atoms with Gasteiger partial charge in [-0.1, -0.05) is 6.07 Å². The summed E-state index contributed by atoms with van der Waals surface area (Å²) < 4.78 is 0. The van der Waals surface area contributed by atoms with Crippen molar-refractivity contribution in [2.75, 3.05) is 46.3 Å². The summed E-state index contributed by atoms with van der Waals surface area (Å²) in [4.78, 5) is 24.7. The number of nitrogens with zero attached hydrogens (tertiary/aromatic N) is 4. The molecule has 29 heavy (non-hydrogen) atoms. The summed E-state index contributed by atoms with van der Waals surface area (Å²) in [5, 5.41) is 3.36. The number of carbonyl (C=O) groups is 1. The second-order valence-electron chi connectivity index (χ2n) is 9.09. The van der Waals surface area contributed by atoms with Gasteiger partial charge in [-0.2, -0.15) is 0 Å². The van der Waals surface area contributed by atoms with Gasteiger partial charge in [0.25, 0.3) is 0 Å². The molecule has 4 rings (SSSR count). The number of nitrogens with one attached hydrogen (secondary N) is 1. The molecule has 3 aliphatic rings. The lowest BCUT2D eigenvalue weighted by Crippen LogP contribution is -2.52. The van der Waals surface area contributed by atoms with Crippen LogP contribution in [0.1, 0.15) is 44.1 Å². The van der Waals surface area contributed by atoms with E-state index in [-0.39, 0.29) is 5.92 Å². The Labute approximate surface area is 175 Å². The van der Waals surface area contributed by atoms with Crippen molar-refractivity contribution in [3.05, 3.63) is 30.1 Å². The molecule has 1 unspecified atom stereocenters. The molecular weight excluding hydrogens is 362 g/mol. The third kappa shape index (κ3) is 5.36. The van der Waals surface area contributed by atoms with Gasteiger partial charge in [0.2, 0.25) is 5.91 Å². The van der Waals surface area contributed by atoms with Crippen molar-refractivity contribution < 1.29 is 4.79 Å². The zero-order chi connectivity index (χ0) is 20.1. The number of amides is 1. The molecule has 0 bridgehead atoms. The van der Waals surface area contributed by atoms with Gasteiger partial charge in [0, 0.05) is 50.7 Å². The summed E-state index contributed by atoms with van der Waals surface area (Å²) in [7, 11) is 2.03. The minimum absolute atomic E-state index is 0.211. The fourth-order valence-corrected chi connectivity index (χ4v) is 5.38. The fourth-order valence-electron chi connectivity index (χ4n) is 5.38. The van der Waals surface area contributed by atoms with E-state index >= 15 is 0 Å². The van der Waals surface area contributed by atoms with Crippen LogP contribution in [0.3, 0.4) is 0 Å². The zero-order valence-corrected chi connectivity index (χ0v) is 17.9. The predicted octanol–water partition coefficient (Wildman–Crippen LogP) is 1.97. The molecule has 6 heteroatoms. The Morgan fingerprint density at radius 3 is 2.59 bits per heavy atom. The number of rotatable bonds is 5. The van der Waals surface area contributed by atoms with Gasteiger partial charge in [0.15, 0.2) is 0 Å². The first-order valence-electron chi connectivity index (χ1n) is 11.5. The van der Waals surface area contributed by atoms with Crippen LogP contribution in [0.5, 0.6) is 0 Å². The molecule has 4 heterocycles. The Morgan fingerprint density at radius 1 is 1.10 bits per heavy atom. The highest BCUT2D eigenvalue weighted by Gasteiger charge is 2.34. The fraction of sp³-hybridized carbons (Fsp3) is 0.739. The smallest absolute Gasteiger partial charge is 0.226 e. The number of hydrogen-bond donors (Lipinski definition) is 1. The number of piperidine rings is 3. The summed E-state index contributed by atoms with van der Waals surface area (Å²) in [5.74, 6) is 0.626. The summed E-state index contributed by atoms with van der Waals surface area (Å²) >= 11 is 0. The standard InChI is InChI=1S/C23H37N5O/c1-24-21-6-14-27(15-7-21)23(29)20-5-3-11-28(18-20)22-8-12-26(13-9-22)17-19-4-2-10-25-16-19/h2,4,10,16,20-22,24H,3,5-9,11-15,17-18H2,1H3. The van der Waals surface area contributed by atoms with Crippen molar-refractivity contribution in [1.29, 1.82) is 0 Å². The van der Waals surface area contributed by atoms with Crippen LogP contribution < -0.4 is 5.32 Å². The van der Waals surface area contributed by atoms with Gasteiger partial charge in [-0.25, -0.2) is 0 Å². The molecular formula is C23H37N5O. The Bertz CT molecular complexity index is 638. The maximum Gasteiger partial charge on any atom is 0.226 e. The van der Waals surface area contributed by atoms with Crippen molar-refractivity contribution in [3.63, 3.8) is 0 Å². The zero-order valence-electron chi connectivity index (χ0n) is 17.9. The molecule has 1 aromatic heterocycles. The first-order chi connectivity index (χ1) is 14.2. The molecule has 1 aromatic rings. The maximum absolute atomic E-state index is 13.1. The maximum atomic E-state index is 13.1. The van der Waals surface area contributed by atoms with Crippen molar-refractivity contribution in [2.24, 2.45) is 5.92 Å². The summed E-state index contributed by atoms with van der Waals surface area (Å²) in [6.45, 7) is 7.28. The van der Waals surface area contributed by atoms with Crippen LogP contribution >= 0.6 is 0 Å². The normalized spacial score (nSPS) is 26.0. The van der Waals surface area contributed by atoms with E-state index in [1.54, 1.807) is 0 Å². The Kier molecular flexibility index (Phi) is 7.16. The highest BCUT2D eigenvalue weighted by Crippen LogP contribution is 2.26. The molecule has 0 radical (unpaired) electrons. The lowest BCUT2D eigenvalue weighted by molar-refractivity contribution is -0.139. The van der Waals surface area contributed by atoms with E-state index in [9.17, 15) is 4.79 Å². The highest BCUT2D eigenvalue weighted by atomic mass is 16.2. The minimum Gasteiger partial charge on any atom is -0.342 e. The molecule has 3 fully saturated rings. The Morgan fingerprint density at radius 2 is 1.90 bits per heavy atom. The van der Waals surface area contributed by atoms with Gasteiger partial charge < -0.3 is 10.2 Å². The van der Waals surface area contributed by atoms with Crippen LogP contribution in [0, 0.1) is 5.92 Å². The molecule has 1 amide bonds. The van der Waals surface area contributed by atoms with E-state index in [4.69, 9.17) is 0 Å². The van der Waals surface area contributed by atoms with E-state index in [1.807, 2.05) is 25.5 Å². The number of pyridine rings is 1. The van der Waals surface area contributed by atoms with Crippen LogP contribution in [0.4, 0.5) is 0 Å². The van der Waals surface area contributed by atoms with Crippen LogP contribution in [0.25, 0.3) is 0 Å². The number of carbonyl (C=O) groups excluding carboxylic acids is 1. The molecule has 160 valence electrons. The average molecular weight is 400 g/mol. The van der Waals surface area contributed by atoms with Gasteiger partial charge in [0.1, 0.15) is 0 Å². The molecule has 0 aromatic carbocycles. The van der Waals surface area contributed by atoms with Gasteiger partial charge in [-0.15, -0.1) is 0 Å². The van der Waals surface area contributed by atoms with Crippen LogP contribution in [-0.4, -0.2) is 84.0 Å². The number of likely N-dealkylation sites (tertiary alicyclic amines) is 3. The van der Waals surface area contributed by atoms with Gasteiger partial charge in [-0.3, -0.25) is 19.6 Å². The van der Waals surface area contributed by atoms with Gasteiger partial charge >= 0.3 is 0 Å². The SMILES string of the molecule is CNC1CCN(C(=O)C2CCCN(C3CCN(Cc4cccnc4)CC3)C2)CC1. The third-order valence-corrected chi connectivity index (χ3v) is 7.22. The topological polar surface area (TPSA) is 51.7 Å². The molecule has 0 aliphatic carbocycles. The molecule has 1 atom stereocenters. The Balaban J connectivity index is 1.24. The van der Waals surface area contributed by atoms with Gasteiger partial charge in [0.05, 0.1) is 5.92 Å². The van der Waals surface area contributed by atoms with Crippen LogP contribution in [0.15, 0.2) is 24.5 Å². The van der Waals surface area contributed by atoms with Crippen molar-refractivity contribution in [1.82, 2.24) is 25.0 Å². The molecule has 3 saturated heterocycles. The molecule has 1 N–H and O–H groups in total.